The predicted octanol–water partition coefficient (Wildman–Crippen LogP) is 5.34. The molecule has 0 aromatic heterocycles. The minimum absolute atomic E-state index is 0.296. The van der Waals surface area contributed by atoms with Crippen LogP contribution in [0, 0.1) is 5.92 Å². The maximum Gasteiger partial charge on any atom is 0.139 e. The van der Waals surface area contributed by atoms with Crippen LogP contribution in [0.2, 0.25) is 10.0 Å². The zero-order valence-electron chi connectivity index (χ0n) is 10.1. The monoisotopic (exact) mass is 272 g/mol. The molecule has 17 heavy (non-hydrogen) atoms. The van der Waals surface area contributed by atoms with Crippen molar-refractivity contribution in [1.29, 1.82) is 0 Å². The number of hydrogen-bond donors (Lipinski definition) is 0. The summed E-state index contributed by atoms with van der Waals surface area (Å²) in [6, 6.07) is 5.38. The SMILES string of the molecule is CCC1CCCC(Oc2cc(Cl)ccc2Cl)C1. The highest BCUT2D eigenvalue weighted by molar-refractivity contribution is 6.34. The van der Waals surface area contributed by atoms with Crippen molar-refractivity contribution in [3.05, 3.63) is 28.2 Å². The van der Waals surface area contributed by atoms with E-state index in [0.717, 1.165) is 24.5 Å². The molecule has 0 N–H and O–H groups in total. The van der Waals surface area contributed by atoms with Gasteiger partial charge in [0.1, 0.15) is 5.75 Å². The van der Waals surface area contributed by atoms with E-state index in [0.29, 0.717) is 16.1 Å². The van der Waals surface area contributed by atoms with Gasteiger partial charge in [-0.05, 0) is 37.3 Å². The Bertz CT molecular complexity index is 378. The first-order chi connectivity index (χ1) is 8.19. The lowest BCUT2D eigenvalue weighted by molar-refractivity contribution is 0.122. The number of halogens is 2. The highest BCUT2D eigenvalue weighted by atomic mass is 35.5. The first kappa shape index (κ1) is 13.0. The summed E-state index contributed by atoms with van der Waals surface area (Å²) < 4.78 is 5.98. The third-order valence-electron chi connectivity index (χ3n) is 3.50. The lowest BCUT2D eigenvalue weighted by atomic mass is 9.85. The summed E-state index contributed by atoms with van der Waals surface area (Å²) in [5.74, 6) is 1.52. The summed E-state index contributed by atoms with van der Waals surface area (Å²) in [5, 5.41) is 1.32. The standard InChI is InChI=1S/C14H18Cl2O/c1-2-10-4-3-5-12(8-10)17-14-9-11(15)6-7-13(14)16/h6-7,9-10,12H,2-5,8H2,1H3. The minimum atomic E-state index is 0.296. The molecule has 1 saturated carbocycles. The molecule has 2 rings (SSSR count). The molecule has 0 bridgehead atoms. The summed E-state index contributed by atoms with van der Waals surface area (Å²) in [7, 11) is 0. The smallest absolute Gasteiger partial charge is 0.139 e. The van der Waals surface area contributed by atoms with Gasteiger partial charge in [0.2, 0.25) is 0 Å². The van der Waals surface area contributed by atoms with Crippen LogP contribution in [-0.2, 0) is 0 Å². The van der Waals surface area contributed by atoms with Crippen LogP contribution in [0.3, 0.4) is 0 Å². The van der Waals surface area contributed by atoms with Crippen LogP contribution < -0.4 is 4.74 Å². The molecule has 1 aromatic rings. The molecule has 0 saturated heterocycles. The Morgan fingerprint density at radius 2 is 2.12 bits per heavy atom. The first-order valence-electron chi connectivity index (χ1n) is 6.30. The second-order valence-electron chi connectivity index (χ2n) is 4.76. The van der Waals surface area contributed by atoms with Gasteiger partial charge in [-0.2, -0.15) is 0 Å². The molecule has 1 aliphatic rings. The Labute approximate surface area is 113 Å². The average molecular weight is 273 g/mol. The average Bonchev–Trinajstić information content (AvgIpc) is 2.34. The van der Waals surface area contributed by atoms with Crippen molar-refractivity contribution in [3.63, 3.8) is 0 Å². The van der Waals surface area contributed by atoms with Gasteiger partial charge < -0.3 is 4.74 Å². The normalized spacial score (nSPS) is 24.6. The fourth-order valence-corrected chi connectivity index (χ4v) is 2.79. The van der Waals surface area contributed by atoms with E-state index in [1.807, 2.05) is 0 Å². The number of ether oxygens (including phenoxy) is 1. The van der Waals surface area contributed by atoms with E-state index >= 15 is 0 Å². The van der Waals surface area contributed by atoms with E-state index in [1.165, 1.54) is 19.3 Å². The molecule has 1 aromatic carbocycles. The second-order valence-corrected chi connectivity index (χ2v) is 5.60. The Kier molecular flexibility index (Phi) is 4.58. The van der Waals surface area contributed by atoms with Gasteiger partial charge in [-0.25, -0.2) is 0 Å². The lowest BCUT2D eigenvalue weighted by Gasteiger charge is -2.29. The van der Waals surface area contributed by atoms with E-state index in [1.54, 1.807) is 18.2 Å². The van der Waals surface area contributed by atoms with E-state index in [9.17, 15) is 0 Å². The van der Waals surface area contributed by atoms with Gasteiger partial charge in [0.25, 0.3) is 0 Å². The fraction of sp³-hybridized carbons (Fsp3) is 0.571. The van der Waals surface area contributed by atoms with Gasteiger partial charge in [-0.3, -0.25) is 0 Å². The predicted molar refractivity (Wildman–Crippen MR) is 73.1 cm³/mol. The summed E-state index contributed by atoms with van der Waals surface area (Å²) >= 11 is 12.1. The maximum atomic E-state index is 6.10. The Morgan fingerprint density at radius 3 is 2.88 bits per heavy atom. The molecule has 3 heteroatoms. The van der Waals surface area contributed by atoms with Gasteiger partial charge in [-0.15, -0.1) is 0 Å². The Balaban J connectivity index is 2.02. The minimum Gasteiger partial charge on any atom is -0.489 e. The lowest BCUT2D eigenvalue weighted by Crippen LogP contribution is -2.25. The van der Waals surface area contributed by atoms with Crippen LogP contribution in [-0.4, -0.2) is 6.10 Å². The molecule has 94 valence electrons. The van der Waals surface area contributed by atoms with E-state index in [2.05, 4.69) is 6.92 Å². The first-order valence-corrected chi connectivity index (χ1v) is 7.06. The van der Waals surface area contributed by atoms with Gasteiger partial charge in [0.05, 0.1) is 11.1 Å². The number of benzene rings is 1. The van der Waals surface area contributed by atoms with Gasteiger partial charge in [0.15, 0.2) is 0 Å². The van der Waals surface area contributed by atoms with E-state index in [-0.39, 0.29) is 0 Å². The van der Waals surface area contributed by atoms with Crippen molar-refractivity contribution < 1.29 is 4.74 Å². The van der Waals surface area contributed by atoms with Crippen molar-refractivity contribution in [2.24, 2.45) is 5.92 Å². The van der Waals surface area contributed by atoms with Crippen molar-refractivity contribution in [2.45, 2.75) is 45.1 Å². The summed E-state index contributed by atoms with van der Waals surface area (Å²) in [6.45, 7) is 2.25. The largest absolute Gasteiger partial charge is 0.489 e. The van der Waals surface area contributed by atoms with Crippen molar-refractivity contribution in [2.75, 3.05) is 0 Å². The van der Waals surface area contributed by atoms with Gasteiger partial charge in [0, 0.05) is 11.1 Å². The Hall–Kier alpha value is -0.400. The van der Waals surface area contributed by atoms with Crippen LogP contribution in [0.1, 0.15) is 39.0 Å². The number of hydrogen-bond acceptors (Lipinski definition) is 1. The number of rotatable bonds is 3. The molecule has 1 fully saturated rings. The van der Waals surface area contributed by atoms with E-state index in [4.69, 9.17) is 27.9 Å². The highest BCUT2D eigenvalue weighted by Gasteiger charge is 2.22. The highest BCUT2D eigenvalue weighted by Crippen LogP contribution is 2.33. The molecule has 1 nitrogen and oxygen atoms in total. The molecule has 0 radical (unpaired) electrons. The molecule has 2 unspecified atom stereocenters. The van der Waals surface area contributed by atoms with Gasteiger partial charge >= 0.3 is 0 Å². The maximum absolute atomic E-state index is 6.10. The Morgan fingerprint density at radius 1 is 1.29 bits per heavy atom. The molecule has 0 aliphatic heterocycles. The molecule has 2 atom stereocenters. The van der Waals surface area contributed by atoms with Crippen molar-refractivity contribution in [3.8, 4) is 5.75 Å². The van der Waals surface area contributed by atoms with Crippen LogP contribution >= 0.6 is 23.2 Å². The zero-order valence-corrected chi connectivity index (χ0v) is 11.6. The van der Waals surface area contributed by atoms with Crippen molar-refractivity contribution in [1.82, 2.24) is 0 Å². The third-order valence-corrected chi connectivity index (χ3v) is 4.05. The van der Waals surface area contributed by atoms with Gasteiger partial charge in [-0.1, -0.05) is 43.0 Å². The molecule has 1 aliphatic carbocycles. The van der Waals surface area contributed by atoms with Crippen molar-refractivity contribution >= 4 is 23.2 Å². The summed E-state index contributed by atoms with van der Waals surface area (Å²) in [5.41, 5.74) is 0. The summed E-state index contributed by atoms with van der Waals surface area (Å²) in [6.07, 6.45) is 6.38. The quantitative estimate of drug-likeness (QED) is 0.722. The summed E-state index contributed by atoms with van der Waals surface area (Å²) in [4.78, 5) is 0. The molecule has 0 spiro atoms. The molecular formula is C14H18Cl2O. The van der Waals surface area contributed by atoms with Crippen LogP contribution in [0.4, 0.5) is 0 Å². The second kappa shape index (κ2) is 5.97. The molecule has 0 amide bonds. The van der Waals surface area contributed by atoms with Crippen LogP contribution in [0.5, 0.6) is 5.75 Å². The van der Waals surface area contributed by atoms with E-state index < -0.39 is 0 Å². The topological polar surface area (TPSA) is 9.23 Å². The molecule has 0 heterocycles. The third kappa shape index (κ3) is 3.53. The fourth-order valence-electron chi connectivity index (χ4n) is 2.47. The van der Waals surface area contributed by atoms with Crippen LogP contribution in [0.15, 0.2) is 18.2 Å². The van der Waals surface area contributed by atoms with Crippen LogP contribution in [0.25, 0.3) is 0 Å². The molecular weight excluding hydrogens is 255 g/mol. The zero-order chi connectivity index (χ0) is 12.3.